The Morgan fingerprint density at radius 3 is 2.90 bits per heavy atom. The minimum absolute atomic E-state index is 0.723. The standard InChI is InChI=1S/C16H18N4O/c1-12-10-14-16(17-8-9-20(14)18-12)19(2)11-13-6-4-5-7-15(13)21-3/h4-10H,11H2,1-3H3. The van der Waals surface area contributed by atoms with E-state index in [4.69, 9.17) is 4.74 Å². The molecule has 0 N–H and O–H groups in total. The molecule has 0 aliphatic heterocycles. The van der Waals surface area contributed by atoms with Gasteiger partial charge in [-0.25, -0.2) is 9.50 Å². The van der Waals surface area contributed by atoms with E-state index in [-0.39, 0.29) is 0 Å². The minimum Gasteiger partial charge on any atom is -0.496 e. The Morgan fingerprint density at radius 1 is 1.29 bits per heavy atom. The molecule has 3 aromatic rings. The number of benzene rings is 1. The highest BCUT2D eigenvalue weighted by molar-refractivity contribution is 5.68. The van der Waals surface area contributed by atoms with Crippen LogP contribution in [0, 0.1) is 6.92 Å². The molecule has 0 radical (unpaired) electrons. The molecule has 0 saturated heterocycles. The number of para-hydroxylation sites is 1. The van der Waals surface area contributed by atoms with E-state index in [1.807, 2.05) is 48.9 Å². The van der Waals surface area contributed by atoms with Crippen LogP contribution in [0.4, 0.5) is 5.82 Å². The average molecular weight is 282 g/mol. The van der Waals surface area contributed by atoms with Gasteiger partial charge >= 0.3 is 0 Å². The summed E-state index contributed by atoms with van der Waals surface area (Å²) in [7, 11) is 3.72. The van der Waals surface area contributed by atoms with Crippen LogP contribution in [0.5, 0.6) is 5.75 Å². The summed E-state index contributed by atoms with van der Waals surface area (Å²) >= 11 is 0. The Kier molecular flexibility index (Phi) is 3.48. The topological polar surface area (TPSA) is 42.7 Å². The van der Waals surface area contributed by atoms with Crippen molar-refractivity contribution in [3.05, 3.63) is 54.0 Å². The Labute approximate surface area is 123 Å². The lowest BCUT2D eigenvalue weighted by Gasteiger charge is -2.20. The number of hydrogen-bond acceptors (Lipinski definition) is 4. The van der Waals surface area contributed by atoms with Crippen molar-refractivity contribution in [1.82, 2.24) is 14.6 Å². The number of fused-ring (bicyclic) bond motifs is 1. The Hall–Kier alpha value is -2.56. The molecule has 0 fully saturated rings. The second-order valence-electron chi connectivity index (χ2n) is 5.03. The molecule has 2 aromatic heterocycles. The second-order valence-corrected chi connectivity index (χ2v) is 5.03. The summed E-state index contributed by atoms with van der Waals surface area (Å²) in [6.45, 7) is 2.71. The van der Waals surface area contributed by atoms with Crippen molar-refractivity contribution >= 4 is 11.3 Å². The number of aryl methyl sites for hydroxylation is 1. The van der Waals surface area contributed by atoms with Crippen LogP contribution in [0.2, 0.25) is 0 Å². The van der Waals surface area contributed by atoms with Gasteiger partial charge in [0.25, 0.3) is 0 Å². The molecular weight excluding hydrogens is 264 g/mol. The Morgan fingerprint density at radius 2 is 2.10 bits per heavy atom. The zero-order chi connectivity index (χ0) is 14.8. The molecule has 5 heteroatoms. The van der Waals surface area contributed by atoms with Crippen molar-refractivity contribution in [3.8, 4) is 5.75 Å². The van der Waals surface area contributed by atoms with Crippen LogP contribution >= 0.6 is 0 Å². The fourth-order valence-corrected chi connectivity index (χ4v) is 2.49. The second kappa shape index (κ2) is 5.44. The maximum absolute atomic E-state index is 5.41. The van der Waals surface area contributed by atoms with Gasteiger partial charge in [0.2, 0.25) is 0 Å². The summed E-state index contributed by atoms with van der Waals surface area (Å²) in [6, 6.07) is 10.1. The quantitative estimate of drug-likeness (QED) is 0.738. The molecule has 0 saturated carbocycles. The molecular formula is C16H18N4O. The number of hydrogen-bond donors (Lipinski definition) is 0. The van der Waals surface area contributed by atoms with E-state index >= 15 is 0 Å². The zero-order valence-corrected chi connectivity index (χ0v) is 12.4. The van der Waals surface area contributed by atoms with Crippen LogP contribution in [-0.4, -0.2) is 28.8 Å². The minimum atomic E-state index is 0.723. The normalized spacial score (nSPS) is 10.8. The molecule has 0 aliphatic carbocycles. The SMILES string of the molecule is COc1ccccc1CN(C)c1nccn2nc(C)cc12. The molecule has 2 heterocycles. The van der Waals surface area contributed by atoms with E-state index in [9.17, 15) is 0 Å². The van der Waals surface area contributed by atoms with Crippen LogP contribution in [0.3, 0.4) is 0 Å². The van der Waals surface area contributed by atoms with Gasteiger partial charge in [0.15, 0.2) is 5.82 Å². The fourth-order valence-electron chi connectivity index (χ4n) is 2.49. The van der Waals surface area contributed by atoms with E-state index in [2.05, 4.69) is 21.0 Å². The number of nitrogens with zero attached hydrogens (tertiary/aromatic N) is 4. The van der Waals surface area contributed by atoms with Gasteiger partial charge in [-0.3, -0.25) is 0 Å². The van der Waals surface area contributed by atoms with Gasteiger partial charge in [-0.05, 0) is 19.1 Å². The van der Waals surface area contributed by atoms with Crippen molar-refractivity contribution in [2.75, 3.05) is 19.1 Å². The van der Waals surface area contributed by atoms with E-state index in [1.54, 1.807) is 13.3 Å². The molecule has 0 atom stereocenters. The lowest BCUT2D eigenvalue weighted by atomic mass is 10.2. The molecule has 0 unspecified atom stereocenters. The highest BCUT2D eigenvalue weighted by Gasteiger charge is 2.12. The number of rotatable bonds is 4. The highest BCUT2D eigenvalue weighted by atomic mass is 16.5. The Balaban J connectivity index is 1.95. The van der Waals surface area contributed by atoms with Gasteiger partial charge in [-0.1, -0.05) is 18.2 Å². The summed E-state index contributed by atoms with van der Waals surface area (Å²) in [5.74, 6) is 1.80. The molecule has 1 aromatic carbocycles. The summed E-state index contributed by atoms with van der Waals surface area (Å²) in [5.41, 5.74) is 3.12. The first-order valence-electron chi connectivity index (χ1n) is 6.83. The van der Waals surface area contributed by atoms with Crippen LogP contribution < -0.4 is 9.64 Å². The van der Waals surface area contributed by atoms with Crippen LogP contribution in [-0.2, 0) is 6.54 Å². The average Bonchev–Trinajstić information content (AvgIpc) is 2.87. The largest absolute Gasteiger partial charge is 0.496 e. The van der Waals surface area contributed by atoms with Crippen LogP contribution in [0.25, 0.3) is 5.52 Å². The fraction of sp³-hybridized carbons (Fsp3) is 0.250. The number of aromatic nitrogens is 3. The van der Waals surface area contributed by atoms with Gasteiger partial charge in [-0.2, -0.15) is 5.10 Å². The van der Waals surface area contributed by atoms with E-state index < -0.39 is 0 Å². The summed E-state index contributed by atoms with van der Waals surface area (Å²) in [4.78, 5) is 6.60. The van der Waals surface area contributed by atoms with E-state index in [1.165, 1.54) is 0 Å². The summed E-state index contributed by atoms with van der Waals surface area (Å²) in [6.07, 6.45) is 3.64. The monoisotopic (exact) mass is 282 g/mol. The van der Waals surface area contributed by atoms with Gasteiger partial charge in [0.05, 0.1) is 12.8 Å². The van der Waals surface area contributed by atoms with Crippen LogP contribution in [0.1, 0.15) is 11.3 Å². The lowest BCUT2D eigenvalue weighted by molar-refractivity contribution is 0.409. The third kappa shape index (κ3) is 2.54. The lowest BCUT2D eigenvalue weighted by Crippen LogP contribution is -2.19. The number of anilines is 1. The Bertz CT molecular complexity index is 766. The maximum Gasteiger partial charge on any atom is 0.154 e. The smallest absolute Gasteiger partial charge is 0.154 e. The third-order valence-corrected chi connectivity index (χ3v) is 3.45. The first-order valence-corrected chi connectivity index (χ1v) is 6.83. The molecule has 21 heavy (non-hydrogen) atoms. The first kappa shape index (κ1) is 13.4. The third-order valence-electron chi connectivity index (χ3n) is 3.45. The van der Waals surface area contributed by atoms with Gasteiger partial charge < -0.3 is 9.64 Å². The predicted molar refractivity (Wildman–Crippen MR) is 82.8 cm³/mol. The van der Waals surface area contributed by atoms with Gasteiger partial charge in [-0.15, -0.1) is 0 Å². The van der Waals surface area contributed by atoms with Gasteiger partial charge in [0.1, 0.15) is 11.3 Å². The molecule has 0 spiro atoms. The molecule has 3 rings (SSSR count). The predicted octanol–water partition coefficient (Wildman–Crippen LogP) is 2.68. The van der Waals surface area contributed by atoms with Gasteiger partial charge in [0, 0.05) is 31.5 Å². The number of ether oxygens (including phenoxy) is 1. The van der Waals surface area contributed by atoms with Crippen molar-refractivity contribution in [2.45, 2.75) is 13.5 Å². The summed E-state index contributed by atoms with van der Waals surface area (Å²) in [5, 5.41) is 4.42. The van der Waals surface area contributed by atoms with Crippen LogP contribution in [0.15, 0.2) is 42.7 Å². The number of methoxy groups -OCH3 is 1. The van der Waals surface area contributed by atoms with Crippen molar-refractivity contribution in [3.63, 3.8) is 0 Å². The van der Waals surface area contributed by atoms with Crippen molar-refractivity contribution in [2.24, 2.45) is 0 Å². The summed E-state index contributed by atoms with van der Waals surface area (Å²) < 4.78 is 7.27. The molecule has 5 nitrogen and oxygen atoms in total. The highest BCUT2D eigenvalue weighted by Crippen LogP contribution is 2.23. The van der Waals surface area contributed by atoms with E-state index in [0.29, 0.717) is 0 Å². The van der Waals surface area contributed by atoms with Crippen molar-refractivity contribution in [1.29, 1.82) is 0 Å². The van der Waals surface area contributed by atoms with E-state index in [0.717, 1.165) is 34.9 Å². The zero-order valence-electron chi connectivity index (χ0n) is 12.4. The molecule has 108 valence electrons. The van der Waals surface area contributed by atoms with Crippen molar-refractivity contribution < 1.29 is 4.74 Å². The molecule has 0 aliphatic rings. The first-order chi connectivity index (χ1) is 10.2. The molecule has 0 amide bonds. The molecule has 0 bridgehead atoms. The maximum atomic E-state index is 5.41.